The lowest BCUT2D eigenvalue weighted by atomic mass is 10.2. The Bertz CT molecular complexity index is 471. The molecule has 0 aliphatic heterocycles. The molecule has 0 aliphatic rings. The number of nitrogens with one attached hydrogen (secondary N) is 1. The summed E-state index contributed by atoms with van der Waals surface area (Å²) in [5.41, 5.74) is 0. The molecule has 1 rings (SSSR count). The van der Waals surface area contributed by atoms with Gasteiger partial charge in [-0.3, -0.25) is 4.79 Å². The smallest absolute Gasteiger partial charge is 0.317 e. The van der Waals surface area contributed by atoms with Gasteiger partial charge in [-0.2, -0.15) is 0 Å². The molecular weight excluding hydrogens is 272 g/mol. The quantitative estimate of drug-likeness (QED) is 0.755. The lowest BCUT2D eigenvalue weighted by Crippen LogP contribution is -2.45. The number of hydrogen-bond acceptors (Lipinski definition) is 3. The van der Waals surface area contributed by atoms with Crippen molar-refractivity contribution in [2.24, 2.45) is 7.05 Å². The van der Waals surface area contributed by atoms with Gasteiger partial charge in [0.15, 0.2) is 0 Å². The van der Waals surface area contributed by atoms with Crippen molar-refractivity contribution in [1.82, 2.24) is 19.8 Å². The van der Waals surface area contributed by atoms with Crippen molar-refractivity contribution in [1.29, 1.82) is 0 Å². The summed E-state index contributed by atoms with van der Waals surface area (Å²) in [6.45, 7) is 4.78. The topological polar surface area (TPSA) is 87.5 Å². The van der Waals surface area contributed by atoms with Crippen LogP contribution in [0, 0.1) is 0 Å². The molecule has 2 N–H and O–H groups in total. The number of imidazole rings is 1. The molecule has 0 atom stereocenters. The van der Waals surface area contributed by atoms with Gasteiger partial charge in [0.2, 0.25) is 0 Å². The van der Waals surface area contributed by atoms with Gasteiger partial charge in [-0.25, -0.2) is 9.78 Å². The van der Waals surface area contributed by atoms with E-state index in [0.29, 0.717) is 25.9 Å². The summed E-state index contributed by atoms with van der Waals surface area (Å²) in [5.74, 6) is 0.0752. The molecule has 7 nitrogen and oxygen atoms in total. The van der Waals surface area contributed by atoms with E-state index in [1.165, 1.54) is 0 Å². The van der Waals surface area contributed by atoms with Crippen LogP contribution in [-0.2, 0) is 18.3 Å². The highest BCUT2D eigenvalue weighted by molar-refractivity contribution is 5.74. The van der Waals surface area contributed by atoms with Crippen LogP contribution in [0.25, 0.3) is 0 Å². The monoisotopic (exact) mass is 296 g/mol. The third-order valence-electron chi connectivity index (χ3n) is 3.22. The average molecular weight is 296 g/mol. The molecule has 2 amide bonds. The number of rotatable bonds is 8. The summed E-state index contributed by atoms with van der Waals surface area (Å²) in [4.78, 5) is 28.5. The van der Waals surface area contributed by atoms with Crippen molar-refractivity contribution in [2.45, 2.75) is 39.2 Å². The van der Waals surface area contributed by atoms with E-state index >= 15 is 0 Å². The van der Waals surface area contributed by atoms with Crippen LogP contribution < -0.4 is 5.32 Å². The SMILES string of the molecule is CC(C)N(CCCC(=O)O)C(=O)NCCc1nccn1C. The highest BCUT2D eigenvalue weighted by atomic mass is 16.4. The van der Waals surface area contributed by atoms with Crippen molar-refractivity contribution < 1.29 is 14.7 Å². The Balaban J connectivity index is 2.38. The van der Waals surface area contributed by atoms with E-state index in [4.69, 9.17) is 5.11 Å². The second-order valence-corrected chi connectivity index (χ2v) is 5.22. The zero-order chi connectivity index (χ0) is 15.8. The molecule has 1 heterocycles. The first-order chi connectivity index (χ1) is 9.91. The maximum Gasteiger partial charge on any atom is 0.317 e. The van der Waals surface area contributed by atoms with Crippen LogP contribution in [-0.4, -0.2) is 50.7 Å². The normalized spacial score (nSPS) is 10.7. The molecule has 1 aromatic rings. The number of hydrogen-bond donors (Lipinski definition) is 2. The Kier molecular flexibility index (Phi) is 6.71. The molecular formula is C14H24N4O3. The van der Waals surface area contributed by atoms with Gasteiger partial charge >= 0.3 is 12.0 Å². The molecule has 0 radical (unpaired) electrons. The molecule has 0 aliphatic carbocycles. The maximum absolute atomic E-state index is 12.1. The first-order valence-electron chi connectivity index (χ1n) is 7.14. The largest absolute Gasteiger partial charge is 0.481 e. The van der Waals surface area contributed by atoms with Crippen LogP contribution >= 0.6 is 0 Å². The third kappa shape index (κ3) is 5.85. The van der Waals surface area contributed by atoms with Gasteiger partial charge in [0.1, 0.15) is 5.82 Å². The molecule has 0 spiro atoms. The second-order valence-electron chi connectivity index (χ2n) is 5.22. The zero-order valence-corrected chi connectivity index (χ0v) is 12.9. The minimum Gasteiger partial charge on any atom is -0.481 e. The van der Waals surface area contributed by atoms with Crippen molar-refractivity contribution in [3.8, 4) is 0 Å². The number of carbonyl (C=O) groups excluding carboxylic acids is 1. The van der Waals surface area contributed by atoms with Gasteiger partial charge in [-0.05, 0) is 20.3 Å². The van der Waals surface area contributed by atoms with Gasteiger partial charge in [-0.1, -0.05) is 0 Å². The Morgan fingerprint density at radius 3 is 2.71 bits per heavy atom. The number of aliphatic carboxylic acids is 1. The summed E-state index contributed by atoms with van der Waals surface area (Å²) in [5, 5.41) is 11.5. The number of amides is 2. The number of carboxylic acid groups (broad SMARTS) is 1. The van der Waals surface area contributed by atoms with E-state index in [1.807, 2.05) is 31.7 Å². The minimum atomic E-state index is -0.839. The summed E-state index contributed by atoms with van der Waals surface area (Å²) < 4.78 is 1.92. The summed E-state index contributed by atoms with van der Waals surface area (Å²) >= 11 is 0. The molecule has 7 heteroatoms. The lowest BCUT2D eigenvalue weighted by Gasteiger charge is -2.26. The second kappa shape index (κ2) is 8.28. The van der Waals surface area contributed by atoms with E-state index in [1.54, 1.807) is 11.1 Å². The van der Waals surface area contributed by atoms with Crippen molar-refractivity contribution >= 4 is 12.0 Å². The predicted molar refractivity (Wildman–Crippen MR) is 79.0 cm³/mol. The Labute approximate surface area is 125 Å². The van der Waals surface area contributed by atoms with E-state index in [2.05, 4.69) is 10.3 Å². The van der Waals surface area contributed by atoms with Crippen LogP contribution in [0.3, 0.4) is 0 Å². The molecule has 0 fully saturated rings. The van der Waals surface area contributed by atoms with E-state index in [0.717, 1.165) is 5.82 Å². The predicted octanol–water partition coefficient (Wildman–Crippen LogP) is 1.25. The lowest BCUT2D eigenvalue weighted by molar-refractivity contribution is -0.137. The van der Waals surface area contributed by atoms with Gasteiger partial charge in [-0.15, -0.1) is 0 Å². The van der Waals surface area contributed by atoms with Crippen molar-refractivity contribution in [2.75, 3.05) is 13.1 Å². The first-order valence-corrected chi connectivity index (χ1v) is 7.14. The van der Waals surface area contributed by atoms with Crippen LogP contribution in [0.2, 0.25) is 0 Å². The average Bonchev–Trinajstić information content (AvgIpc) is 2.79. The fraction of sp³-hybridized carbons (Fsp3) is 0.643. The van der Waals surface area contributed by atoms with Crippen molar-refractivity contribution in [3.05, 3.63) is 18.2 Å². The van der Waals surface area contributed by atoms with Crippen LogP contribution in [0.1, 0.15) is 32.5 Å². The summed E-state index contributed by atoms with van der Waals surface area (Å²) in [6.07, 6.45) is 4.79. The molecule has 21 heavy (non-hydrogen) atoms. The molecule has 1 aromatic heterocycles. The van der Waals surface area contributed by atoms with E-state index < -0.39 is 5.97 Å². The number of aryl methyl sites for hydroxylation is 1. The standard InChI is InChI=1S/C14H24N4O3/c1-11(2)18(9-4-5-13(19)20)14(21)16-7-6-12-15-8-10-17(12)3/h8,10-11H,4-7,9H2,1-3H3,(H,16,21)(H,19,20). The highest BCUT2D eigenvalue weighted by Crippen LogP contribution is 2.03. The number of carbonyl (C=O) groups is 2. The molecule has 0 unspecified atom stereocenters. The van der Waals surface area contributed by atoms with E-state index in [-0.39, 0.29) is 18.5 Å². The van der Waals surface area contributed by atoms with Crippen molar-refractivity contribution in [3.63, 3.8) is 0 Å². The Morgan fingerprint density at radius 2 is 2.19 bits per heavy atom. The minimum absolute atomic E-state index is 0.0342. The fourth-order valence-corrected chi connectivity index (χ4v) is 2.02. The molecule has 0 saturated heterocycles. The summed E-state index contributed by atoms with van der Waals surface area (Å²) in [6, 6.07) is -0.128. The van der Waals surface area contributed by atoms with Crippen LogP contribution in [0.4, 0.5) is 4.79 Å². The van der Waals surface area contributed by atoms with Gasteiger partial charge in [0.05, 0.1) is 0 Å². The Hall–Kier alpha value is -2.05. The maximum atomic E-state index is 12.1. The first kappa shape index (κ1) is 17.0. The fourth-order valence-electron chi connectivity index (χ4n) is 2.02. The van der Waals surface area contributed by atoms with E-state index in [9.17, 15) is 9.59 Å². The number of carboxylic acids is 1. The Morgan fingerprint density at radius 1 is 1.48 bits per heavy atom. The van der Waals surface area contributed by atoms with Crippen LogP contribution in [0.5, 0.6) is 0 Å². The third-order valence-corrected chi connectivity index (χ3v) is 3.22. The zero-order valence-electron chi connectivity index (χ0n) is 12.9. The highest BCUT2D eigenvalue weighted by Gasteiger charge is 2.16. The molecule has 118 valence electrons. The molecule has 0 aromatic carbocycles. The number of nitrogens with zero attached hydrogens (tertiary/aromatic N) is 3. The number of aromatic nitrogens is 2. The summed E-state index contributed by atoms with van der Waals surface area (Å²) in [7, 11) is 1.91. The molecule has 0 bridgehead atoms. The van der Waals surface area contributed by atoms with Crippen LogP contribution in [0.15, 0.2) is 12.4 Å². The number of urea groups is 1. The van der Waals surface area contributed by atoms with Gasteiger partial charge in [0.25, 0.3) is 0 Å². The van der Waals surface area contributed by atoms with Gasteiger partial charge in [0, 0.05) is 51.4 Å². The van der Waals surface area contributed by atoms with Gasteiger partial charge < -0.3 is 19.9 Å². The molecule has 0 saturated carbocycles.